The lowest BCUT2D eigenvalue weighted by atomic mass is 9.76. The largest absolute Gasteiger partial charge is 0.207 e. The number of benzene rings is 4. The maximum atomic E-state index is 15.1. The van der Waals surface area contributed by atoms with Crippen molar-refractivity contribution in [3.8, 4) is 0 Å². The first-order valence-electron chi connectivity index (χ1n) is 16.6. The van der Waals surface area contributed by atoms with Gasteiger partial charge in [-0.15, -0.1) is 0 Å². The van der Waals surface area contributed by atoms with Crippen molar-refractivity contribution >= 4 is 28.4 Å². The maximum absolute atomic E-state index is 15.1. The molecule has 1 unspecified atom stereocenters. The Bertz CT molecular complexity index is 2410. The van der Waals surface area contributed by atoms with E-state index >= 15 is 8.78 Å². The molecule has 1 radical (unpaired) electrons. The molecule has 0 nitrogen and oxygen atoms in total. The lowest BCUT2D eigenvalue weighted by Gasteiger charge is -2.27. The monoisotopic (exact) mass is 617 g/mol. The Labute approximate surface area is 276 Å². The Morgan fingerprint density at radius 1 is 0.766 bits per heavy atom. The van der Waals surface area contributed by atoms with Crippen LogP contribution in [0.2, 0.25) is 0 Å². The van der Waals surface area contributed by atoms with Crippen LogP contribution in [-0.4, -0.2) is 0 Å². The van der Waals surface area contributed by atoms with Gasteiger partial charge in [-0.1, -0.05) is 88.8 Å². The summed E-state index contributed by atoms with van der Waals surface area (Å²) in [7, 11) is 0. The maximum Gasteiger partial charge on any atom is 0.123 e. The molecule has 0 N–H and O–H groups in total. The molecule has 8 rings (SSSR count). The minimum absolute atomic E-state index is 0.0798. The number of hydrogen-bond donors (Lipinski definition) is 0. The fourth-order valence-corrected chi connectivity index (χ4v) is 8.96. The lowest BCUT2D eigenvalue weighted by molar-refractivity contribution is 0.627. The fraction of sp³-hybridized carbons (Fsp3) is 0.244. The number of halogens is 2. The van der Waals surface area contributed by atoms with E-state index in [1.165, 1.54) is 56.7 Å². The summed E-state index contributed by atoms with van der Waals surface area (Å²) in [6, 6.07) is 18.2. The summed E-state index contributed by atoms with van der Waals surface area (Å²) in [6.07, 6.45) is 13.4. The molecule has 4 aromatic carbocycles. The fourth-order valence-electron chi connectivity index (χ4n) is 8.96. The summed E-state index contributed by atoms with van der Waals surface area (Å²) in [4.78, 5) is 0. The molecule has 4 aliphatic rings. The van der Waals surface area contributed by atoms with Gasteiger partial charge in [-0.05, 0) is 151 Å². The standard InChI is InChI=1S/C45H39F2/c1-24-15-25(2)34(16-24)41-36-19-30-20-37-33(26(3)22-44(37,5)6)21-35(30)40(36)42(38-27(4)23-45(7,8)43(38)41)39(28-11-9-13-31(46)17-28)29-12-10-14-32(47)18-29/h9-18,20-23,25H,1-8H3. The highest BCUT2D eigenvalue weighted by atomic mass is 19.1. The van der Waals surface area contributed by atoms with Crippen LogP contribution in [0.15, 0.2) is 90.5 Å². The predicted molar refractivity (Wildman–Crippen MR) is 191 cm³/mol. The Morgan fingerprint density at radius 2 is 1.40 bits per heavy atom. The molecule has 47 heavy (non-hydrogen) atoms. The smallest absolute Gasteiger partial charge is 0.123 e. The summed E-state index contributed by atoms with van der Waals surface area (Å²) in [5.74, 6) is -0.389. The van der Waals surface area contributed by atoms with E-state index in [1.54, 1.807) is 24.3 Å². The predicted octanol–water partition coefficient (Wildman–Crippen LogP) is 9.89. The lowest BCUT2D eigenvalue weighted by Crippen LogP contribution is -2.25. The molecule has 2 heteroatoms. The van der Waals surface area contributed by atoms with Crippen molar-refractivity contribution in [3.05, 3.63) is 168 Å². The zero-order valence-electron chi connectivity index (χ0n) is 28.4. The summed E-state index contributed by atoms with van der Waals surface area (Å²) < 4.78 is 30.2. The van der Waals surface area contributed by atoms with E-state index in [1.807, 2.05) is 12.1 Å². The third-order valence-corrected chi connectivity index (χ3v) is 10.7. The second kappa shape index (κ2) is 9.97. The van der Waals surface area contributed by atoms with Crippen molar-refractivity contribution in [1.29, 1.82) is 0 Å². The van der Waals surface area contributed by atoms with Gasteiger partial charge in [-0.25, -0.2) is 8.78 Å². The highest BCUT2D eigenvalue weighted by molar-refractivity contribution is 5.93. The van der Waals surface area contributed by atoms with Gasteiger partial charge in [-0.2, -0.15) is 0 Å². The molecule has 0 heterocycles. The summed E-state index contributed by atoms with van der Waals surface area (Å²) in [5, 5.41) is 4.33. The van der Waals surface area contributed by atoms with Crippen LogP contribution in [0.3, 0.4) is 0 Å². The summed E-state index contributed by atoms with van der Waals surface area (Å²) in [6.45, 7) is 18.0. The van der Waals surface area contributed by atoms with Gasteiger partial charge in [0.2, 0.25) is 0 Å². The van der Waals surface area contributed by atoms with Crippen LogP contribution in [0.1, 0.15) is 99.9 Å². The average molecular weight is 618 g/mol. The van der Waals surface area contributed by atoms with Crippen molar-refractivity contribution in [3.63, 3.8) is 0 Å². The van der Waals surface area contributed by atoms with Crippen LogP contribution in [0.25, 0.3) is 28.4 Å². The summed E-state index contributed by atoms with van der Waals surface area (Å²) >= 11 is 0. The van der Waals surface area contributed by atoms with Crippen LogP contribution in [0, 0.1) is 28.0 Å². The third-order valence-electron chi connectivity index (χ3n) is 10.7. The first kappa shape index (κ1) is 29.8. The van der Waals surface area contributed by atoms with E-state index in [9.17, 15) is 0 Å². The molecule has 0 bridgehead atoms. The number of fused-ring (bicyclic) bond motifs is 4. The molecule has 0 spiro atoms. The molecule has 233 valence electrons. The van der Waals surface area contributed by atoms with E-state index < -0.39 is 0 Å². The molecule has 0 amide bonds. The first-order valence-corrected chi connectivity index (χ1v) is 16.6. The molecule has 0 saturated heterocycles. The molecule has 0 aromatic heterocycles. The average Bonchev–Trinajstić information content (AvgIpc) is 3.66. The van der Waals surface area contributed by atoms with Crippen molar-refractivity contribution in [1.82, 2.24) is 0 Å². The second-order valence-electron chi connectivity index (χ2n) is 15.1. The van der Waals surface area contributed by atoms with Gasteiger partial charge >= 0.3 is 0 Å². The van der Waals surface area contributed by atoms with Crippen molar-refractivity contribution in [2.45, 2.75) is 66.2 Å². The normalized spacial score (nSPS) is 19.2. The molecular weight excluding hydrogens is 578 g/mol. The van der Waals surface area contributed by atoms with Crippen LogP contribution >= 0.6 is 0 Å². The van der Waals surface area contributed by atoms with E-state index in [-0.39, 0.29) is 28.4 Å². The van der Waals surface area contributed by atoms with Crippen molar-refractivity contribution in [2.75, 3.05) is 0 Å². The van der Waals surface area contributed by atoms with Crippen molar-refractivity contribution < 1.29 is 8.78 Å². The van der Waals surface area contributed by atoms with Gasteiger partial charge in [0.1, 0.15) is 11.6 Å². The van der Waals surface area contributed by atoms with Crippen molar-refractivity contribution in [2.24, 2.45) is 5.92 Å². The highest BCUT2D eigenvalue weighted by Gasteiger charge is 2.38. The number of allylic oxidation sites excluding steroid dienone is 8. The van der Waals surface area contributed by atoms with Crippen LogP contribution in [0.4, 0.5) is 8.78 Å². The molecule has 4 aliphatic carbocycles. The zero-order valence-corrected chi connectivity index (χ0v) is 28.4. The first-order chi connectivity index (χ1) is 22.2. The Balaban J connectivity index is 1.72. The summed E-state index contributed by atoms with van der Waals surface area (Å²) in [5.41, 5.74) is 14.3. The van der Waals surface area contributed by atoms with Gasteiger partial charge in [0, 0.05) is 16.7 Å². The van der Waals surface area contributed by atoms with Gasteiger partial charge in [0.05, 0.1) is 0 Å². The third kappa shape index (κ3) is 4.37. The van der Waals surface area contributed by atoms with Gasteiger partial charge in [0.15, 0.2) is 0 Å². The topological polar surface area (TPSA) is 0 Å². The quantitative estimate of drug-likeness (QED) is 0.189. The highest BCUT2D eigenvalue weighted by Crippen LogP contribution is 2.48. The Kier molecular flexibility index (Phi) is 6.33. The van der Waals surface area contributed by atoms with Crippen LogP contribution < -0.4 is 10.4 Å². The Morgan fingerprint density at radius 3 is 2.00 bits per heavy atom. The molecule has 0 saturated carbocycles. The van der Waals surface area contributed by atoms with Gasteiger partial charge in [0.25, 0.3) is 0 Å². The molecular formula is C45H39F2. The van der Waals surface area contributed by atoms with Crippen LogP contribution in [-0.2, 0) is 10.8 Å². The zero-order chi connectivity index (χ0) is 33.2. The number of hydrogen-bond acceptors (Lipinski definition) is 0. The molecule has 1 atom stereocenters. The SMILES string of the molecule is CC1=CC(C)C(c2c3c(c(=C(c4cccc(F)c4)c4cccc(F)c4)c4c2[C]=c2cc5c(cc2=4)C(C)=CC5(C)C)C(C)=CC3(C)C)=C1. The Hall–Kier alpha value is -4.56. The van der Waals surface area contributed by atoms with Gasteiger partial charge in [-0.3, -0.25) is 0 Å². The minimum Gasteiger partial charge on any atom is -0.207 e. The van der Waals surface area contributed by atoms with E-state index in [2.05, 4.69) is 97.9 Å². The molecule has 0 fully saturated rings. The van der Waals surface area contributed by atoms with Crippen LogP contribution in [0.5, 0.6) is 0 Å². The van der Waals surface area contributed by atoms with Gasteiger partial charge < -0.3 is 0 Å². The van der Waals surface area contributed by atoms with E-state index in [0.717, 1.165) is 48.7 Å². The second-order valence-corrected chi connectivity index (χ2v) is 15.1. The van der Waals surface area contributed by atoms with E-state index in [0.29, 0.717) is 0 Å². The number of rotatable bonds is 3. The van der Waals surface area contributed by atoms with E-state index in [4.69, 9.17) is 0 Å². The molecule has 4 aromatic rings. The minimum atomic E-state index is -0.320. The molecule has 0 aliphatic heterocycles.